The number of fused-ring (bicyclic) bond motifs is 1. The topological polar surface area (TPSA) is 98.1 Å². The number of rotatable bonds is 9. The SMILES string of the molecule is CCN(c1ccc(NC(=O)COC(=O)COc2ccc3c(C)cc(=O)oc3c2)cc1)C(C)C. The normalized spacial score (nSPS) is 10.8. The Kier molecular flexibility index (Phi) is 7.71. The van der Waals surface area contributed by atoms with Gasteiger partial charge in [-0.1, -0.05) is 0 Å². The number of anilines is 2. The standard InChI is InChI=1S/C25H28N2O6/c1-5-27(16(2)3)19-8-6-18(7-9-19)26-23(28)14-32-25(30)15-31-20-10-11-21-17(4)12-24(29)33-22(21)13-20/h6-13,16H,5,14-15H2,1-4H3,(H,26,28). The van der Waals surface area contributed by atoms with Gasteiger partial charge in [-0.3, -0.25) is 4.79 Å². The summed E-state index contributed by atoms with van der Waals surface area (Å²) in [6, 6.07) is 14.2. The Labute approximate surface area is 192 Å². The predicted molar refractivity (Wildman–Crippen MR) is 127 cm³/mol. The van der Waals surface area contributed by atoms with E-state index in [0.717, 1.165) is 23.2 Å². The minimum Gasteiger partial charge on any atom is -0.482 e. The van der Waals surface area contributed by atoms with Crippen LogP contribution in [0.25, 0.3) is 11.0 Å². The minimum absolute atomic E-state index is 0.347. The average molecular weight is 453 g/mol. The molecule has 3 aromatic rings. The Balaban J connectivity index is 1.47. The van der Waals surface area contributed by atoms with E-state index in [1.807, 2.05) is 31.2 Å². The van der Waals surface area contributed by atoms with Gasteiger partial charge >= 0.3 is 11.6 Å². The number of carbonyl (C=O) groups excluding carboxylic acids is 2. The lowest BCUT2D eigenvalue weighted by Gasteiger charge is -2.27. The van der Waals surface area contributed by atoms with Crippen LogP contribution in [0.5, 0.6) is 5.75 Å². The number of nitrogens with zero attached hydrogens (tertiary/aromatic N) is 1. The molecule has 1 N–H and O–H groups in total. The summed E-state index contributed by atoms with van der Waals surface area (Å²) >= 11 is 0. The minimum atomic E-state index is -0.693. The van der Waals surface area contributed by atoms with Crippen molar-refractivity contribution in [3.05, 3.63) is 64.5 Å². The van der Waals surface area contributed by atoms with Crippen molar-refractivity contribution < 1.29 is 23.5 Å². The first-order valence-electron chi connectivity index (χ1n) is 10.8. The van der Waals surface area contributed by atoms with Crippen LogP contribution in [0.1, 0.15) is 26.3 Å². The average Bonchev–Trinajstić information content (AvgIpc) is 2.77. The highest BCUT2D eigenvalue weighted by Crippen LogP contribution is 2.22. The molecule has 0 aliphatic rings. The van der Waals surface area contributed by atoms with Gasteiger partial charge in [0.05, 0.1) is 0 Å². The van der Waals surface area contributed by atoms with Gasteiger partial charge in [-0.2, -0.15) is 0 Å². The van der Waals surface area contributed by atoms with Crippen molar-refractivity contribution in [3.63, 3.8) is 0 Å². The highest BCUT2D eigenvalue weighted by molar-refractivity contribution is 5.93. The largest absolute Gasteiger partial charge is 0.482 e. The number of esters is 1. The molecule has 0 radical (unpaired) electrons. The maximum absolute atomic E-state index is 12.1. The van der Waals surface area contributed by atoms with E-state index in [1.54, 1.807) is 12.1 Å². The number of ether oxygens (including phenoxy) is 2. The van der Waals surface area contributed by atoms with E-state index in [-0.39, 0.29) is 6.61 Å². The third-order valence-corrected chi connectivity index (χ3v) is 5.09. The summed E-state index contributed by atoms with van der Waals surface area (Å²) in [5.41, 5.74) is 2.38. The Bertz CT molecular complexity index is 1180. The molecule has 0 aliphatic heterocycles. The Morgan fingerprint density at radius 1 is 1.06 bits per heavy atom. The molecule has 2 aromatic carbocycles. The fraction of sp³-hybridized carbons (Fsp3) is 0.320. The first-order valence-corrected chi connectivity index (χ1v) is 10.8. The molecule has 3 rings (SSSR count). The lowest BCUT2D eigenvalue weighted by Crippen LogP contribution is -2.30. The maximum Gasteiger partial charge on any atom is 0.344 e. The van der Waals surface area contributed by atoms with Gasteiger partial charge in [-0.15, -0.1) is 0 Å². The number of aryl methyl sites for hydroxylation is 1. The second-order valence-electron chi connectivity index (χ2n) is 7.83. The fourth-order valence-corrected chi connectivity index (χ4v) is 3.50. The first kappa shape index (κ1) is 23.8. The second-order valence-corrected chi connectivity index (χ2v) is 7.83. The van der Waals surface area contributed by atoms with Crippen molar-refractivity contribution in [3.8, 4) is 5.75 Å². The van der Waals surface area contributed by atoms with Crippen molar-refractivity contribution in [2.45, 2.75) is 33.7 Å². The molecule has 8 nitrogen and oxygen atoms in total. The zero-order valence-electron chi connectivity index (χ0n) is 19.2. The first-order chi connectivity index (χ1) is 15.8. The molecule has 0 unspecified atom stereocenters. The molecule has 1 amide bonds. The summed E-state index contributed by atoms with van der Waals surface area (Å²) in [5, 5.41) is 3.48. The smallest absolute Gasteiger partial charge is 0.344 e. The fourth-order valence-electron chi connectivity index (χ4n) is 3.50. The van der Waals surface area contributed by atoms with Gasteiger partial charge < -0.3 is 24.1 Å². The van der Waals surface area contributed by atoms with Crippen LogP contribution in [0.4, 0.5) is 11.4 Å². The van der Waals surface area contributed by atoms with Gasteiger partial charge in [0, 0.05) is 41.5 Å². The zero-order chi connectivity index (χ0) is 24.0. The highest BCUT2D eigenvalue weighted by Gasteiger charge is 2.12. The van der Waals surface area contributed by atoms with Gasteiger partial charge in [-0.05, 0) is 69.7 Å². The quantitative estimate of drug-likeness (QED) is 0.388. The van der Waals surface area contributed by atoms with E-state index in [9.17, 15) is 14.4 Å². The molecular formula is C25H28N2O6. The lowest BCUT2D eigenvalue weighted by atomic mass is 10.1. The third-order valence-electron chi connectivity index (χ3n) is 5.09. The number of benzene rings is 2. The van der Waals surface area contributed by atoms with Crippen LogP contribution in [0.2, 0.25) is 0 Å². The summed E-state index contributed by atoms with van der Waals surface area (Å²) in [6.07, 6.45) is 0. The molecule has 0 aliphatic carbocycles. The van der Waals surface area contributed by atoms with Gasteiger partial charge in [0.25, 0.3) is 5.91 Å². The predicted octanol–water partition coefficient (Wildman–Crippen LogP) is 3.90. The van der Waals surface area contributed by atoms with E-state index in [0.29, 0.717) is 23.1 Å². The van der Waals surface area contributed by atoms with Crippen LogP contribution in [0, 0.1) is 6.92 Å². The molecular weight excluding hydrogens is 424 g/mol. The zero-order valence-corrected chi connectivity index (χ0v) is 19.2. The Hall–Kier alpha value is -3.81. The molecule has 0 saturated heterocycles. The van der Waals surface area contributed by atoms with E-state index < -0.39 is 24.1 Å². The number of carbonyl (C=O) groups is 2. The van der Waals surface area contributed by atoms with Crippen LogP contribution in [-0.4, -0.2) is 37.7 Å². The van der Waals surface area contributed by atoms with E-state index in [4.69, 9.17) is 13.9 Å². The van der Waals surface area contributed by atoms with Crippen LogP contribution >= 0.6 is 0 Å². The molecule has 0 spiro atoms. The van der Waals surface area contributed by atoms with Gasteiger partial charge in [0.2, 0.25) is 0 Å². The van der Waals surface area contributed by atoms with Crippen molar-refractivity contribution in [1.29, 1.82) is 0 Å². The van der Waals surface area contributed by atoms with E-state index in [2.05, 4.69) is 31.0 Å². The van der Waals surface area contributed by atoms with Crippen molar-refractivity contribution in [1.82, 2.24) is 0 Å². The number of amides is 1. The van der Waals surface area contributed by atoms with Crippen LogP contribution in [-0.2, 0) is 14.3 Å². The van der Waals surface area contributed by atoms with Gasteiger partial charge in [0.1, 0.15) is 11.3 Å². The van der Waals surface area contributed by atoms with Crippen LogP contribution in [0.3, 0.4) is 0 Å². The van der Waals surface area contributed by atoms with Gasteiger partial charge in [-0.25, -0.2) is 9.59 Å². The summed E-state index contributed by atoms with van der Waals surface area (Å²) in [6.45, 7) is 8.21. The number of hydrogen-bond donors (Lipinski definition) is 1. The molecule has 1 aromatic heterocycles. The second kappa shape index (κ2) is 10.7. The number of hydrogen-bond acceptors (Lipinski definition) is 7. The summed E-state index contributed by atoms with van der Waals surface area (Å²) in [7, 11) is 0. The van der Waals surface area contributed by atoms with Crippen LogP contribution < -0.4 is 20.6 Å². The summed E-state index contributed by atoms with van der Waals surface area (Å²) < 4.78 is 15.5. The summed E-state index contributed by atoms with van der Waals surface area (Å²) in [4.78, 5) is 37.8. The molecule has 0 bridgehead atoms. The maximum atomic E-state index is 12.1. The molecule has 174 valence electrons. The molecule has 0 fully saturated rings. The Morgan fingerprint density at radius 3 is 2.45 bits per heavy atom. The molecule has 33 heavy (non-hydrogen) atoms. The highest BCUT2D eigenvalue weighted by atomic mass is 16.6. The molecule has 0 saturated carbocycles. The molecule has 0 atom stereocenters. The third kappa shape index (κ3) is 6.35. The summed E-state index contributed by atoms with van der Waals surface area (Å²) in [5.74, 6) is -0.794. The van der Waals surface area contributed by atoms with E-state index in [1.165, 1.54) is 12.1 Å². The van der Waals surface area contributed by atoms with Crippen molar-refractivity contribution in [2.24, 2.45) is 0 Å². The molecule has 8 heteroatoms. The van der Waals surface area contributed by atoms with E-state index >= 15 is 0 Å². The van der Waals surface area contributed by atoms with Gasteiger partial charge in [0.15, 0.2) is 13.2 Å². The monoisotopic (exact) mass is 452 g/mol. The van der Waals surface area contributed by atoms with Crippen LogP contribution in [0.15, 0.2) is 57.7 Å². The Morgan fingerprint density at radius 2 is 1.79 bits per heavy atom. The number of nitrogens with one attached hydrogen (secondary N) is 1. The van der Waals surface area contributed by atoms with Crippen molar-refractivity contribution in [2.75, 3.05) is 30.0 Å². The van der Waals surface area contributed by atoms with Crippen molar-refractivity contribution >= 4 is 34.2 Å². The lowest BCUT2D eigenvalue weighted by molar-refractivity contribution is -0.149. The molecule has 1 heterocycles.